The highest BCUT2D eigenvalue weighted by atomic mass is 16.5. The molecule has 2 atom stereocenters. The van der Waals surface area contributed by atoms with E-state index in [9.17, 15) is 4.79 Å². The Morgan fingerprint density at radius 1 is 1.18 bits per heavy atom. The first-order valence-corrected chi connectivity index (χ1v) is 8.43. The third-order valence-corrected chi connectivity index (χ3v) is 4.68. The Kier molecular flexibility index (Phi) is 5.20. The largest absolute Gasteiger partial charge is 0.488 e. The number of nitrogens with one attached hydrogen (secondary N) is 1. The van der Waals surface area contributed by atoms with Gasteiger partial charge in [-0.15, -0.1) is 0 Å². The molecule has 1 saturated carbocycles. The first-order chi connectivity index (χ1) is 10.3. The number of H-pyrrole nitrogens is 1. The summed E-state index contributed by atoms with van der Waals surface area (Å²) < 4.78 is 6.41. The maximum atomic E-state index is 12.4. The Morgan fingerprint density at radius 3 is 2.27 bits per heavy atom. The van der Waals surface area contributed by atoms with Crippen molar-refractivity contribution in [3.05, 3.63) is 21.6 Å². The van der Waals surface area contributed by atoms with Gasteiger partial charge in [0.1, 0.15) is 5.69 Å². The summed E-state index contributed by atoms with van der Waals surface area (Å²) in [5.74, 6) is 2.16. The molecule has 0 bridgehead atoms. The van der Waals surface area contributed by atoms with Crippen molar-refractivity contribution in [2.24, 2.45) is 11.8 Å². The van der Waals surface area contributed by atoms with Gasteiger partial charge in [-0.05, 0) is 44.4 Å². The minimum atomic E-state index is -0.0633. The molecular weight excluding hydrogens is 276 g/mol. The summed E-state index contributed by atoms with van der Waals surface area (Å²) in [6.45, 7) is 8.66. The molecule has 2 rings (SSSR count). The first-order valence-electron chi connectivity index (χ1n) is 8.43. The second-order valence-corrected chi connectivity index (χ2v) is 7.14. The fourth-order valence-electron chi connectivity index (χ4n) is 3.82. The molecule has 0 aromatic carbocycles. The zero-order chi connectivity index (χ0) is 16.4. The van der Waals surface area contributed by atoms with Gasteiger partial charge in [-0.2, -0.15) is 0 Å². The average molecular weight is 306 g/mol. The van der Waals surface area contributed by atoms with E-state index in [2.05, 4.69) is 25.8 Å². The van der Waals surface area contributed by atoms with Gasteiger partial charge >= 0.3 is 0 Å². The Bertz CT molecular complexity index is 567. The Hall–Kier alpha value is -1.45. The molecule has 1 aromatic rings. The summed E-state index contributed by atoms with van der Waals surface area (Å²) in [6, 6.07) is 0. The molecule has 124 valence electrons. The molecule has 4 nitrogen and oxygen atoms in total. The molecule has 1 aromatic heterocycles. The van der Waals surface area contributed by atoms with Gasteiger partial charge in [0.25, 0.3) is 5.56 Å². The third-order valence-electron chi connectivity index (χ3n) is 4.68. The van der Waals surface area contributed by atoms with Gasteiger partial charge in [0, 0.05) is 25.4 Å². The smallest absolute Gasteiger partial charge is 0.275 e. The van der Waals surface area contributed by atoms with Crippen LogP contribution in [-0.4, -0.2) is 25.2 Å². The van der Waals surface area contributed by atoms with E-state index in [1.165, 1.54) is 6.42 Å². The standard InChI is InChI=1S/C18H30N2O2/c1-7-15-13(4)19-18(21)16(20(5)6)17(15)22-14-9-11(2)8-12(3)10-14/h11-12,14H,7-10H2,1-6H3,(H,19,21). The number of rotatable bonds is 4. The van der Waals surface area contributed by atoms with E-state index in [4.69, 9.17) is 4.74 Å². The second-order valence-electron chi connectivity index (χ2n) is 7.14. The highest BCUT2D eigenvalue weighted by Gasteiger charge is 2.28. The molecule has 0 saturated heterocycles. The van der Waals surface area contributed by atoms with E-state index < -0.39 is 0 Å². The summed E-state index contributed by atoms with van der Waals surface area (Å²) in [4.78, 5) is 17.2. The molecule has 4 heteroatoms. The van der Waals surface area contributed by atoms with Gasteiger partial charge in [-0.3, -0.25) is 4.79 Å². The van der Waals surface area contributed by atoms with E-state index >= 15 is 0 Å². The van der Waals surface area contributed by atoms with Crippen LogP contribution in [0, 0.1) is 18.8 Å². The molecule has 1 fully saturated rings. The number of nitrogens with zero attached hydrogens (tertiary/aromatic N) is 1. The van der Waals surface area contributed by atoms with Crippen molar-refractivity contribution in [3.8, 4) is 5.75 Å². The quantitative estimate of drug-likeness (QED) is 0.926. The average Bonchev–Trinajstić information content (AvgIpc) is 2.36. The van der Waals surface area contributed by atoms with Crippen LogP contribution in [0.4, 0.5) is 5.69 Å². The van der Waals surface area contributed by atoms with Crippen molar-refractivity contribution in [1.29, 1.82) is 0 Å². The fourth-order valence-corrected chi connectivity index (χ4v) is 3.82. The molecule has 1 aliphatic rings. The van der Waals surface area contributed by atoms with Crippen molar-refractivity contribution < 1.29 is 4.74 Å². The molecule has 0 spiro atoms. The number of aryl methyl sites for hydroxylation is 1. The van der Waals surface area contributed by atoms with Crippen molar-refractivity contribution >= 4 is 5.69 Å². The van der Waals surface area contributed by atoms with Crippen LogP contribution < -0.4 is 15.2 Å². The second kappa shape index (κ2) is 6.76. The van der Waals surface area contributed by atoms with Crippen LogP contribution in [0.5, 0.6) is 5.75 Å². The minimum absolute atomic E-state index is 0.0633. The predicted octanol–water partition coefficient (Wildman–Crippen LogP) is 3.52. The zero-order valence-electron chi connectivity index (χ0n) is 14.8. The first kappa shape index (κ1) is 16.9. The van der Waals surface area contributed by atoms with Gasteiger partial charge in [0.15, 0.2) is 5.75 Å². The number of pyridine rings is 1. The molecule has 1 aliphatic carbocycles. The van der Waals surface area contributed by atoms with Crippen LogP contribution in [0.3, 0.4) is 0 Å². The lowest BCUT2D eigenvalue weighted by Gasteiger charge is -2.33. The van der Waals surface area contributed by atoms with Crippen LogP contribution in [0.2, 0.25) is 0 Å². The molecule has 2 unspecified atom stereocenters. The van der Waals surface area contributed by atoms with Crippen LogP contribution in [0.25, 0.3) is 0 Å². The van der Waals surface area contributed by atoms with Gasteiger partial charge in [0.2, 0.25) is 0 Å². The SMILES string of the molecule is CCc1c(C)[nH]c(=O)c(N(C)C)c1OC1CC(C)CC(C)C1. The van der Waals surface area contributed by atoms with Crippen LogP contribution in [0.15, 0.2) is 4.79 Å². The predicted molar refractivity (Wildman–Crippen MR) is 92.1 cm³/mol. The summed E-state index contributed by atoms with van der Waals surface area (Å²) in [7, 11) is 3.80. The summed E-state index contributed by atoms with van der Waals surface area (Å²) >= 11 is 0. The van der Waals surface area contributed by atoms with E-state index in [-0.39, 0.29) is 11.7 Å². The van der Waals surface area contributed by atoms with Gasteiger partial charge in [-0.25, -0.2) is 0 Å². The van der Waals surface area contributed by atoms with Crippen LogP contribution in [-0.2, 0) is 6.42 Å². The maximum Gasteiger partial charge on any atom is 0.275 e. The number of ether oxygens (including phenoxy) is 1. The number of anilines is 1. The van der Waals surface area contributed by atoms with Crippen molar-refractivity contribution in [3.63, 3.8) is 0 Å². The lowest BCUT2D eigenvalue weighted by atomic mass is 9.82. The molecule has 0 amide bonds. The normalized spacial score (nSPS) is 25.1. The zero-order valence-corrected chi connectivity index (χ0v) is 14.8. The van der Waals surface area contributed by atoms with Crippen molar-refractivity contribution in [2.45, 2.75) is 59.5 Å². The van der Waals surface area contributed by atoms with E-state index in [1.54, 1.807) is 0 Å². The monoisotopic (exact) mass is 306 g/mol. The lowest BCUT2D eigenvalue weighted by molar-refractivity contribution is 0.100. The number of hydrogen-bond acceptors (Lipinski definition) is 3. The van der Waals surface area contributed by atoms with Crippen molar-refractivity contribution in [1.82, 2.24) is 4.98 Å². The molecule has 0 radical (unpaired) electrons. The number of aromatic amines is 1. The number of hydrogen-bond donors (Lipinski definition) is 1. The summed E-state index contributed by atoms with van der Waals surface area (Å²) in [5.41, 5.74) is 2.62. The van der Waals surface area contributed by atoms with Crippen molar-refractivity contribution in [2.75, 3.05) is 19.0 Å². The molecule has 1 N–H and O–H groups in total. The topological polar surface area (TPSA) is 45.3 Å². The Balaban J connectivity index is 2.42. The van der Waals surface area contributed by atoms with E-state index in [0.29, 0.717) is 17.5 Å². The molecule has 1 heterocycles. The van der Waals surface area contributed by atoms with Gasteiger partial charge in [0.05, 0.1) is 6.10 Å². The lowest BCUT2D eigenvalue weighted by Crippen LogP contribution is -2.31. The highest BCUT2D eigenvalue weighted by Crippen LogP contribution is 2.36. The molecule has 0 aliphatic heterocycles. The minimum Gasteiger partial charge on any atom is -0.488 e. The van der Waals surface area contributed by atoms with E-state index in [1.807, 2.05) is 25.9 Å². The maximum absolute atomic E-state index is 12.4. The fraction of sp³-hybridized carbons (Fsp3) is 0.722. The highest BCUT2D eigenvalue weighted by molar-refractivity contribution is 5.61. The van der Waals surface area contributed by atoms with Gasteiger partial charge < -0.3 is 14.6 Å². The molecular formula is C18H30N2O2. The van der Waals surface area contributed by atoms with Gasteiger partial charge in [-0.1, -0.05) is 20.8 Å². The number of aromatic nitrogens is 1. The third kappa shape index (κ3) is 3.47. The summed E-state index contributed by atoms with van der Waals surface area (Å²) in [5, 5.41) is 0. The van der Waals surface area contributed by atoms with Crippen LogP contribution >= 0.6 is 0 Å². The van der Waals surface area contributed by atoms with E-state index in [0.717, 1.165) is 36.3 Å². The molecule has 22 heavy (non-hydrogen) atoms. The summed E-state index contributed by atoms with van der Waals surface area (Å²) in [6.07, 6.45) is 4.49. The Morgan fingerprint density at radius 2 is 1.77 bits per heavy atom. The Labute approximate surface area is 133 Å². The van der Waals surface area contributed by atoms with Crippen LogP contribution in [0.1, 0.15) is 51.3 Å².